The minimum Gasteiger partial charge on any atom is -0.321 e. The zero-order chi connectivity index (χ0) is 14.9. The minimum absolute atomic E-state index is 0.0174. The van der Waals surface area contributed by atoms with E-state index in [1.807, 2.05) is 0 Å². The molecule has 1 heterocycles. The summed E-state index contributed by atoms with van der Waals surface area (Å²) in [6.45, 7) is 1.31. The van der Waals surface area contributed by atoms with Crippen molar-refractivity contribution in [2.24, 2.45) is 0 Å². The second-order valence-corrected chi connectivity index (χ2v) is 4.89. The maximum Gasteiger partial charge on any atom is 0.443 e. The van der Waals surface area contributed by atoms with Crippen LogP contribution < -0.4 is 5.32 Å². The van der Waals surface area contributed by atoms with Gasteiger partial charge in [-0.15, -0.1) is 11.3 Å². The predicted molar refractivity (Wildman–Crippen MR) is 66.2 cm³/mol. The molecular weight excluding hydrogens is 296 g/mol. The lowest BCUT2D eigenvalue weighted by atomic mass is 10.3. The van der Waals surface area contributed by atoms with Gasteiger partial charge in [0.05, 0.1) is 5.69 Å². The van der Waals surface area contributed by atoms with E-state index in [2.05, 4.69) is 10.3 Å². The number of aromatic nitrogens is 1. The number of hydrogen-bond acceptors (Lipinski definition) is 3. The van der Waals surface area contributed by atoms with E-state index < -0.39 is 22.9 Å². The quantitative estimate of drug-likeness (QED) is 0.856. The van der Waals surface area contributed by atoms with Gasteiger partial charge in [0, 0.05) is 5.69 Å². The van der Waals surface area contributed by atoms with E-state index in [0.717, 1.165) is 6.07 Å². The van der Waals surface area contributed by atoms with Gasteiger partial charge in [-0.25, -0.2) is 9.37 Å². The van der Waals surface area contributed by atoms with Crippen LogP contribution in [0.15, 0.2) is 24.3 Å². The van der Waals surface area contributed by atoms with E-state index in [4.69, 9.17) is 0 Å². The van der Waals surface area contributed by atoms with Crippen LogP contribution >= 0.6 is 11.3 Å². The molecule has 1 aromatic carbocycles. The summed E-state index contributed by atoms with van der Waals surface area (Å²) in [5.41, 5.74) is 0.146. The van der Waals surface area contributed by atoms with Gasteiger partial charge < -0.3 is 5.32 Å². The van der Waals surface area contributed by atoms with Gasteiger partial charge in [0.1, 0.15) is 10.7 Å². The molecule has 0 aliphatic carbocycles. The molecule has 0 spiro atoms. The second-order valence-electron chi connectivity index (χ2n) is 3.90. The first kappa shape index (κ1) is 14.4. The Morgan fingerprint density at radius 1 is 1.35 bits per heavy atom. The van der Waals surface area contributed by atoms with E-state index in [0.29, 0.717) is 0 Å². The molecule has 0 saturated heterocycles. The first-order chi connectivity index (χ1) is 9.27. The minimum atomic E-state index is -4.59. The number of hydrogen-bond donors (Lipinski definition) is 1. The van der Waals surface area contributed by atoms with Gasteiger partial charge in [-0.1, -0.05) is 6.07 Å². The van der Waals surface area contributed by atoms with Crippen LogP contribution in [0.5, 0.6) is 0 Å². The van der Waals surface area contributed by atoms with Crippen molar-refractivity contribution in [2.75, 3.05) is 5.32 Å². The molecular formula is C12H8F4N2OS. The first-order valence-electron chi connectivity index (χ1n) is 5.39. The zero-order valence-corrected chi connectivity index (χ0v) is 10.9. The molecule has 3 nitrogen and oxygen atoms in total. The summed E-state index contributed by atoms with van der Waals surface area (Å²) < 4.78 is 50.4. The third-order valence-corrected chi connectivity index (χ3v) is 3.53. The Bertz CT molecular complexity index is 651. The summed E-state index contributed by atoms with van der Waals surface area (Å²) in [4.78, 5) is 15.0. The lowest BCUT2D eigenvalue weighted by Gasteiger charge is -2.03. The van der Waals surface area contributed by atoms with E-state index in [9.17, 15) is 22.4 Å². The average molecular weight is 304 g/mol. The summed E-state index contributed by atoms with van der Waals surface area (Å²) in [6.07, 6.45) is -4.59. The molecule has 0 atom stereocenters. The highest BCUT2D eigenvalue weighted by Crippen LogP contribution is 2.34. The van der Waals surface area contributed by atoms with E-state index in [1.165, 1.54) is 25.1 Å². The highest BCUT2D eigenvalue weighted by atomic mass is 32.1. The normalized spacial score (nSPS) is 11.4. The van der Waals surface area contributed by atoms with Gasteiger partial charge in [-0.3, -0.25) is 4.79 Å². The SMILES string of the molecule is Cc1nc(C(F)(F)F)sc1C(=O)Nc1cccc(F)c1. The van der Waals surface area contributed by atoms with Gasteiger partial charge in [0.2, 0.25) is 0 Å². The third kappa shape index (κ3) is 3.13. The Kier molecular flexibility index (Phi) is 3.76. The van der Waals surface area contributed by atoms with E-state index >= 15 is 0 Å². The summed E-state index contributed by atoms with van der Waals surface area (Å²) in [7, 11) is 0. The third-order valence-electron chi connectivity index (χ3n) is 2.33. The average Bonchev–Trinajstić information content (AvgIpc) is 2.71. The van der Waals surface area contributed by atoms with Crippen LogP contribution in [0.3, 0.4) is 0 Å². The summed E-state index contributed by atoms with van der Waals surface area (Å²) in [5.74, 6) is -1.30. The Labute approximate surface area is 115 Å². The van der Waals surface area contributed by atoms with Crippen LogP contribution in [0.1, 0.15) is 20.4 Å². The number of benzene rings is 1. The lowest BCUT2D eigenvalue weighted by Crippen LogP contribution is -2.11. The number of anilines is 1. The molecule has 2 aromatic rings. The second kappa shape index (κ2) is 5.20. The monoisotopic (exact) mass is 304 g/mol. The maximum atomic E-state index is 12.9. The number of carbonyl (C=O) groups excluding carboxylic acids is 1. The van der Waals surface area contributed by atoms with Crippen molar-refractivity contribution in [2.45, 2.75) is 13.1 Å². The largest absolute Gasteiger partial charge is 0.443 e. The Balaban J connectivity index is 2.24. The topological polar surface area (TPSA) is 42.0 Å². The van der Waals surface area contributed by atoms with Crippen molar-refractivity contribution in [3.05, 3.63) is 45.7 Å². The number of amides is 1. The zero-order valence-electron chi connectivity index (χ0n) is 10.1. The van der Waals surface area contributed by atoms with Gasteiger partial charge in [0.25, 0.3) is 5.91 Å². The molecule has 8 heteroatoms. The van der Waals surface area contributed by atoms with Crippen LogP contribution in [0, 0.1) is 12.7 Å². The van der Waals surface area contributed by atoms with E-state index in [-0.39, 0.29) is 27.6 Å². The molecule has 0 aliphatic rings. The molecule has 0 aliphatic heterocycles. The summed E-state index contributed by atoms with van der Waals surface area (Å²) in [5, 5.41) is 1.24. The Morgan fingerprint density at radius 2 is 2.05 bits per heavy atom. The van der Waals surface area contributed by atoms with Gasteiger partial charge in [-0.05, 0) is 25.1 Å². The van der Waals surface area contributed by atoms with Crippen LogP contribution in [-0.2, 0) is 6.18 Å². The highest BCUT2D eigenvalue weighted by Gasteiger charge is 2.36. The number of nitrogens with one attached hydrogen (secondary N) is 1. The van der Waals surface area contributed by atoms with Gasteiger partial charge in [0.15, 0.2) is 5.01 Å². The molecule has 1 N–H and O–H groups in total. The number of aryl methyl sites for hydroxylation is 1. The number of rotatable bonds is 2. The molecule has 0 unspecified atom stereocenters. The Hall–Kier alpha value is -1.96. The predicted octanol–water partition coefficient (Wildman–Crippen LogP) is 3.86. The van der Waals surface area contributed by atoms with Crippen molar-refractivity contribution < 1.29 is 22.4 Å². The maximum absolute atomic E-state index is 12.9. The smallest absolute Gasteiger partial charge is 0.321 e. The van der Waals surface area contributed by atoms with Crippen molar-refractivity contribution in [3.8, 4) is 0 Å². The van der Waals surface area contributed by atoms with Gasteiger partial charge >= 0.3 is 6.18 Å². The number of thiazole rings is 1. The fraction of sp³-hybridized carbons (Fsp3) is 0.167. The van der Waals surface area contributed by atoms with Crippen molar-refractivity contribution in [3.63, 3.8) is 0 Å². The molecule has 106 valence electrons. The molecule has 20 heavy (non-hydrogen) atoms. The van der Waals surface area contributed by atoms with Crippen molar-refractivity contribution in [1.29, 1.82) is 0 Å². The van der Waals surface area contributed by atoms with Crippen LogP contribution in [-0.4, -0.2) is 10.9 Å². The van der Waals surface area contributed by atoms with Crippen molar-refractivity contribution in [1.82, 2.24) is 4.98 Å². The summed E-state index contributed by atoms with van der Waals surface area (Å²) >= 11 is 0.256. The number of halogens is 4. The van der Waals surface area contributed by atoms with Crippen LogP contribution in [0.25, 0.3) is 0 Å². The lowest BCUT2D eigenvalue weighted by molar-refractivity contribution is -0.137. The number of carbonyl (C=O) groups is 1. The molecule has 2 rings (SSSR count). The fourth-order valence-corrected chi connectivity index (χ4v) is 2.31. The molecule has 0 bridgehead atoms. The number of nitrogens with zero attached hydrogens (tertiary/aromatic N) is 1. The molecule has 0 saturated carbocycles. The van der Waals surface area contributed by atoms with Crippen molar-refractivity contribution >= 4 is 22.9 Å². The Morgan fingerprint density at radius 3 is 2.60 bits per heavy atom. The molecule has 1 aromatic heterocycles. The standard InChI is InChI=1S/C12H8F4N2OS/c1-6-9(20-11(17-6)12(14,15)16)10(19)18-8-4-2-3-7(13)5-8/h2-5H,1H3,(H,18,19). The number of alkyl halides is 3. The van der Waals surface area contributed by atoms with E-state index in [1.54, 1.807) is 0 Å². The summed E-state index contributed by atoms with van der Waals surface area (Å²) in [6, 6.07) is 5.07. The first-order valence-corrected chi connectivity index (χ1v) is 6.20. The van der Waals surface area contributed by atoms with Crippen LogP contribution in [0.4, 0.5) is 23.2 Å². The molecule has 0 fully saturated rings. The van der Waals surface area contributed by atoms with Gasteiger partial charge in [-0.2, -0.15) is 13.2 Å². The molecule has 1 amide bonds. The highest BCUT2D eigenvalue weighted by molar-refractivity contribution is 7.14. The van der Waals surface area contributed by atoms with Crippen LogP contribution in [0.2, 0.25) is 0 Å². The molecule has 0 radical (unpaired) electrons. The fourth-order valence-electron chi connectivity index (χ4n) is 1.48.